The quantitative estimate of drug-likeness (QED) is 0.865. The summed E-state index contributed by atoms with van der Waals surface area (Å²) in [5.41, 5.74) is 7.07. The molecule has 3 nitrogen and oxygen atoms in total. The summed E-state index contributed by atoms with van der Waals surface area (Å²) in [5, 5.41) is 0. The van der Waals surface area contributed by atoms with Gasteiger partial charge in [0.15, 0.2) is 0 Å². The van der Waals surface area contributed by atoms with E-state index in [1.165, 1.54) is 18.5 Å². The highest BCUT2D eigenvalue weighted by molar-refractivity contribution is 5.58. The van der Waals surface area contributed by atoms with E-state index in [0.717, 1.165) is 38.3 Å². The third-order valence-corrected chi connectivity index (χ3v) is 3.92. The topological polar surface area (TPSA) is 38.5 Å². The predicted molar refractivity (Wildman–Crippen MR) is 85.4 cm³/mol. The monoisotopic (exact) mass is 276 g/mol. The highest BCUT2D eigenvalue weighted by atomic mass is 16.5. The number of ether oxygens (including phenoxy) is 1. The predicted octanol–water partition coefficient (Wildman–Crippen LogP) is 3.43. The Hall–Kier alpha value is -1.22. The van der Waals surface area contributed by atoms with Crippen LogP contribution in [0.2, 0.25) is 0 Å². The Morgan fingerprint density at radius 2 is 2.05 bits per heavy atom. The van der Waals surface area contributed by atoms with Gasteiger partial charge in [-0.2, -0.15) is 0 Å². The lowest BCUT2D eigenvalue weighted by Crippen LogP contribution is -2.29. The minimum Gasteiger partial charge on any atom is -0.491 e. The van der Waals surface area contributed by atoms with Gasteiger partial charge in [-0.05, 0) is 44.2 Å². The molecule has 1 aromatic carbocycles. The molecular formula is C17H28N2O. The lowest BCUT2D eigenvalue weighted by atomic mass is 10.0. The van der Waals surface area contributed by atoms with Gasteiger partial charge >= 0.3 is 0 Å². The van der Waals surface area contributed by atoms with Crippen molar-refractivity contribution in [3.63, 3.8) is 0 Å². The van der Waals surface area contributed by atoms with Gasteiger partial charge in [0, 0.05) is 19.1 Å². The maximum absolute atomic E-state index is 5.82. The average Bonchev–Trinajstić information content (AvgIpc) is 2.61. The maximum atomic E-state index is 5.82. The van der Waals surface area contributed by atoms with Crippen molar-refractivity contribution in [1.29, 1.82) is 0 Å². The van der Waals surface area contributed by atoms with Gasteiger partial charge in [-0.15, -0.1) is 0 Å². The number of nitrogens with zero attached hydrogens (tertiary/aromatic N) is 1. The Morgan fingerprint density at radius 1 is 1.25 bits per heavy atom. The van der Waals surface area contributed by atoms with Crippen LogP contribution < -0.4 is 15.4 Å². The molecule has 3 heteroatoms. The van der Waals surface area contributed by atoms with Crippen molar-refractivity contribution in [2.45, 2.75) is 45.6 Å². The molecule has 0 aromatic heterocycles. The third-order valence-electron chi connectivity index (χ3n) is 3.92. The smallest absolute Gasteiger partial charge is 0.142 e. The molecule has 112 valence electrons. The molecule has 1 aliphatic rings. The first-order chi connectivity index (χ1) is 9.66. The van der Waals surface area contributed by atoms with E-state index < -0.39 is 0 Å². The minimum absolute atomic E-state index is 0.328. The zero-order chi connectivity index (χ0) is 14.4. The van der Waals surface area contributed by atoms with Crippen LogP contribution in [0.25, 0.3) is 0 Å². The Labute approximate surface area is 123 Å². The number of hydrogen-bond acceptors (Lipinski definition) is 3. The molecular weight excluding hydrogens is 248 g/mol. The van der Waals surface area contributed by atoms with Crippen LogP contribution in [0.4, 0.5) is 5.69 Å². The van der Waals surface area contributed by atoms with Gasteiger partial charge in [0.1, 0.15) is 5.75 Å². The molecule has 0 amide bonds. The first-order valence-corrected chi connectivity index (χ1v) is 7.89. The van der Waals surface area contributed by atoms with E-state index in [2.05, 4.69) is 36.9 Å². The Morgan fingerprint density at radius 3 is 2.85 bits per heavy atom. The van der Waals surface area contributed by atoms with Crippen LogP contribution in [0.1, 0.15) is 39.5 Å². The molecule has 2 atom stereocenters. The Balaban J connectivity index is 1.91. The van der Waals surface area contributed by atoms with E-state index in [1.54, 1.807) is 0 Å². The zero-order valence-electron chi connectivity index (χ0n) is 12.8. The van der Waals surface area contributed by atoms with Crippen LogP contribution in [0.3, 0.4) is 0 Å². The number of fused-ring (bicyclic) bond motifs is 1. The minimum atomic E-state index is 0.328. The summed E-state index contributed by atoms with van der Waals surface area (Å²) in [4.78, 5) is 2.48. The van der Waals surface area contributed by atoms with Crippen LogP contribution >= 0.6 is 0 Å². The van der Waals surface area contributed by atoms with Crippen molar-refractivity contribution in [3.05, 3.63) is 24.3 Å². The zero-order valence-corrected chi connectivity index (χ0v) is 12.8. The van der Waals surface area contributed by atoms with Crippen LogP contribution in [0.15, 0.2) is 24.3 Å². The van der Waals surface area contributed by atoms with Crippen molar-refractivity contribution in [2.24, 2.45) is 11.7 Å². The van der Waals surface area contributed by atoms with E-state index in [4.69, 9.17) is 10.5 Å². The number of benzene rings is 1. The van der Waals surface area contributed by atoms with E-state index in [1.807, 2.05) is 6.07 Å². The van der Waals surface area contributed by atoms with Crippen molar-refractivity contribution < 1.29 is 4.74 Å². The molecule has 2 unspecified atom stereocenters. The highest BCUT2D eigenvalue weighted by Gasteiger charge is 2.17. The van der Waals surface area contributed by atoms with Crippen LogP contribution in [0, 0.1) is 5.92 Å². The largest absolute Gasteiger partial charge is 0.491 e. The standard InChI is InChI=1S/C17H28N2O/c1-14(7-5-8-15(2)18)13-19-11-6-12-20-17-10-4-3-9-16(17)19/h3-4,9-10,14-15H,5-8,11-13,18H2,1-2H3. The summed E-state index contributed by atoms with van der Waals surface area (Å²) >= 11 is 0. The summed E-state index contributed by atoms with van der Waals surface area (Å²) in [7, 11) is 0. The average molecular weight is 276 g/mol. The molecule has 0 spiro atoms. The molecule has 1 aromatic rings. The SMILES string of the molecule is CC(N)CCCC(C)CN1CCCOc2ccccc21. The van der Waals surface area contributed by atoms with Crippen LogP contribution in [-0.4, -0.2) is 25.7 Å². The number of rotatable bonds is 6. The molecule has 0 bridgehead atoms. The fraction of sp³-hybridized carbons (Fsp3) is 0.647. The normalized spacial score (nSPS) is 17.9. The summed E-state index contributed by atoms with van der Waals surface area (Å²) in [6.07, 6.45) is 4.71. The first kappa shape index (κ1) is 15.2. The molecule has 0 saturated heterocycles. The first-order valence-electron chi connectivity index (χ1n) is 7.89. The van der Waals surface area contributed by atoms with Gasteiger partial charge < -0.3 is 15.4 Å². The second kappa shape index (κ2) is 7.53. The van der Waals surface area contributed by atoms with Crippen LogP contribution in [0.5, 0.6) is 5.75 Å². The Kier molecular flexibility index (Phi) is 5.72. The van der Waals surface area contributed by atoms with Gasteiger partial charge in [-0.1, -0.05) is 25.5 Å². The van der Waals surface area contributed by atoms with Gasteiger partial charge in [-0.25, -0.2) is 0 Å². The van der Waals surface area contributed by atoms with E-state index >= 15 is 0 Å². The van der Waals surface area contributed by atoms with Crippen molar-refractivity contribution in [2.75, 3.05) is 24.6 Å². The van der Waals surface area contributed by atoms with Crippen molar-refractivity contribution in [1.82, 2.24) is 0 Å². The van der Waals surface area contributed by atoms with Gasteiger partial charge in [0.25, 0.3) is 0 Å². The highest BCUT2D eigenvalue weighted by Crippen LogP contribution is 2.31. The summed E-state index contributed by atoms with van der Waals surface area (Å²) in [5.74, 6) is 1.73. The van der Waals surface area contributed by atoms with E-state index in [9.17, 15) is 0 Å². The lowest BCUT2D eigenvalue weighted by molar-refractivity contribution is 0.322. The van der Waals surface area contributed by atoms with E-state index in [0.29, 0.717) is 12.0 Å². The van der Waals surface area contributed by atoms with Gasteiger partial charge in [0.2, 0.25) is 0 Å². The molecule has 2 N–H and O–H groups in total. The lowest BCUT2D eigenvalue weighted by Gasteiger charge is -2.27. The second-order valence-corrected chi connectivity index (χ2v) is 6.13. The maximum Gasteiger partial charge on any atom is 0.142 e. The molecule has 0 fully saturated rings. The van der Waals surface area contributed by atoms with Crippen molar-refractivity contribution >= 4 is 5.69 Å². The summed E-state index contributed by atoms with van der Waals surface area (Å²) < 4.78 is 5.81. The Bertz CT molecular complexity index is 406. The molecule has 0 aliphatic carbocycles. The fourth-order valence-corrected chi connectivity index (χ4v) is 2.84. The third kappa shape index (κ3) is 4.41. The van der Waals surface area contributed by atoms with E-state index in [-0.39, 0.29) is 0 Å². The van der Waals surface area contributed by atoms with Crippen LogP contribution in [-0.2, 0) is 0 Å². The van der Waals surface area contributed by atoms with Crippen molar-refractivity contribution in [3.8, 4) is 5.75 Å². The van der Waals surface area contributed by atoms with Gasteiger partial charge in [-0.3, -0.25) is 0 Å². The summed E-state index contributed by atoms with van der Waals surface area (Å²) in [6.45, 7) is 7.46. The number of hydrogen-bond donors (Lipinski definition) is 1. The molecule has 1 heterocycles. The molecule has 0 saturated carbocycles. The second-order valence-electron chi connectivity index (χ2n) is 6.13. The summed E-state index contributed by atoms with van der Waals surface area (Å²) in [6, 6.07) is 8.73. The molecule has 1 aliphatic heterocycles. The number of anilines is 1. The van der Waals surface area contributed by atoms with Gasteiger partial charge in [0.05, 0.1) is 12.3 Å². The molecule has 2 rings (SSSR count). The number of nitrogens with two attached hydrogens (primary N) is 1. The number of para-hydroxylation sites is 2. The molecule has 0 radical (unpaired) electrons. The molecule has 20 heavy (non-hydrogen) atoms. The fourth-order valence-electron chi connectivity index (χ4n) is 2.84.